The third-order valence-corrected chi connectivity index (χ3v) is 10.7. The fraction of sp³-hybridized carbons (Fsp3) is 0.886. The van der Waals surface area contributed by atoms with Crippen LogP contribution in [0.15, 0.2) is 24.3 Å². The average Bonchev–Trinajstić information content (AvgIpc) is 3.18. The van der Waals surface area contributed by atoms with Crippen molar-refractivity contribution in [2.75, 3.05) is 13.2 Å². The molecule has 0 bridgehead atoms. The van der Waals surface area contributed by atoms with Crippen LogP contribution in [0.2, 0.25) is 0 Å². The summed E-state index contributed by atoms with van der Waals surface area (Å²) >= 11 is 0. The molecule has 11 heteroatoms. The highest BCUT2D eigenvalue weighted by atomic mass is 16.7. The van der Waals surface area contributed by atoms with Gasteiger partial charge >= 0.3 is 0 Å². The number of hydrogen-bond acceptors (Lipinski definition) is 10. The van der Waals surface area contributed by atoms with Gasteiger partial charge in [0.05, 0.1) is 25.4 Å². The topological polar surface area (TPSA) is 189 Å². The smallest absolute Gasteiger partial charge is 0.249 e. The molecule has 9 atom stereocenters. The first-order valence-electron chi connectivity index (χ1n) is 22.2. The van der Waals surface area contributed by atoms with Crippen molar-refractivity contribution < 1.29 is 50.0 Å². The molecule has 1 heterocycles. The van der Waals surface area contributed by atoms with Crippen LogP contribution in [0.4, 0.5) is 0 Å². The first-order chi connectivity index (χ1) is 26.7. The second-order valence-corrected chi connectivity index (χ2v) is 15.8. The number of aliphatic hydroxyl groups excluding tert-OH is 7. The standard InChI is InChI=1S/C44H83NO10/c1-3-5-7-9-11-12-13-14-15-16-17-18-19-20-21-22-23-24-25-26-28-30-32-37(48)43(53)45-35(39(49)36(47)31-29-27-10-8-6-4-2)34-54-44-42(52)41(51)40(50)38(33-46)55-44/h8,10,20-21,35-42,44,46-52H,3-7,9,11-19,22-34H2,1-2H3,(H,45,53)/b10-8+,21-20-. The highest BCUT2D eigenvalue weighted by Gasteiger charge is 2.44. The van der Waals surface area contributed by atoms with E-state index in [1.807, 2.05) is 6.08 Å². The molecule has 1 rings (SSSR count). The highest BCUT2D eigenvalue weighted by molar-refractivity contribution is 5.80. The zero-order chi connectivity index (χ0) is 40.5. The van der Waals surface area contributed by atoms with E-state index < -0.39 is 74.2 Å². The van der Waals surface area contributed by atoms with E-state index in [4.69, 9.17) is 9.47 Å². The second-order valence-electron chi connectivity index (χ2n) is 15.8. The minimum atomic E-state index is -1.66. The van der Waals surface area contributed by atoms with E-state index in [-0.39, 0.29) is 12.8 Å². The Morgan fingerprint density at radius 2 is 1.11 bits per heavy atom. The molecular formula is C44H83NO10. The monoisotopic (exact) mass is 786 g/mol. The first-order valence-corrected chi connectivity index (χ1v) is 22.2. The van der Waals surface area contributed by atoms with E-state index in [1.165, 1.54) is 83.5 Å². The van der Waals surface area contributed by atoms with E-state index in [0.29, 0.717) is 12.8 Å². The van der Waals surface area contributed by atoms with Crippen LogP contribution in [0, 0.1) is 0 Å². The number of hydrogen-bond donors (Lipinski definition) is 8. The van der Waals surface area contributed by atoms with Gasteiger partial charge in [-0.15, -0.1) is 0 Å². The number of allylic oxidation sites excluding steroid dienone is 4. The lowest BCUT2D eigenvalue weighted by molar-refractivity contribution is -0.303. The lowest BCUT2D eigenvalue weighted by Crippen LogP contribution is -2.60. The summed E-state index contributed by atoms with van der Waals surface area (Å²) in [5.74, 6) is -0.716. The molecule has 1 saturated heterocycles. The van der Waals surface area contributed by atoms with Crippen LogP contribution in [0.5, 0.6) is 0 Å². The van der Waals surface area contributed by atoms with Crippen LogP contribution in [-0.4, -0.2) is 110 Å². The van der Waals surface area contributed by atoms with Gasteiger partial charge in [0, 0.05) is 0 Å². The summed E-state index contributed by atoms with van der Waals surface area (Å²) in [6.07, 6.45) is 25.8. The van der Waals surface area contributed by atoms with E-state index in [1.54, 1.807) is 0 Å². The summed E-state index contributed by atoms with van der Waals surface area (Å²) in [6, 6.07) is -1.18. The Labute approximate surface area is 334 Å². The number of carbonyl (C=O) groups is 1. The first kappa shape index (κ1) is 51.6. The molecule has 0 radical (unpaired) electrons. The van der Waals surface area contributed by atoms with Crippen molar-refractivity contribution in [3.63, 3.8) is 0 Å². The minimum Gasteiger partial charge on any atom is -0.394 e. The summed E-state index contributed by atoms with van der Waals surface area (Å²) in [6.45, 7) is 3.28. The van der Waals surface area contributed by atoms with Gasteiger partial charge in [-0.25, -0.2) is 0 Å². The third-order valence-electron chi connectivity index (χ3n) is 10.7. The SMILES string of the molecule is CCC/C=C/CCCC(O)C(O)C(COC1OC(CO)C(O)C(O)C1O)NC(=O)C(O)CCCCCCCC/C=C\CCCCCCCCCCCCCC. The Morgan fingerprint density at radius 3 is 1.64 bits per heavy atom. The van der Waals surface area contributed by atoms with E-state index in [0.717, 1.165) is 57.8 Å². The number of carbonyl (C=O) groups excluding carboxylic acids is 1. The third kappa shape index (κ3) is 24.9. The molecule has 55 heavy (non-hydrogen) atoms. The molecule has 11 nitrogen and oxygen atoms in total. The van der Waals surface area contributed by atoms with Crippen LogP contribution < -0.4 is 5.32 Å². The van der Waals surface area contributed by atoms with Gasteiger partial charge in [-0.05, 0) is 57.8 Å². The molecular weight excluding hydrogens is 702 g/mol. The van der Waals surface area contributed by atoms with Crippen molar-refractivity contribution >= 4 is 5.91 Å². The van der Waals surface area contributed by atoms with Gasteiger partial charge in [-0.2, -0.15) is 0 Å². The van der Waals surface area contributed by atoms with Gasteiger partial charge in [-0.3, -0.25) is 4.79 Å². The maximum absolute atomic E-state index is 13.0. The molecule has 324 valence electrons. The van der Waals surface area contributed by atoms with Gasteiger partial charge in [-0.1, -0.05) is 147 Å². The summed E-state index contributed by atoms with van der Waals surface area (Å²) in [7, 11) is 0. The lowest BCUT2D eigenvalue weighted by Gasteiger charge is -2.40. The quantitative estimate of drug-likeness (QED) is 0.0252. The molecule has 0 aromatic rings. The molecule has 1 fully saturated rings. The molecule has 0 aliphatic carbocycles. The van der Waals surface area contributed by atoms with E-state index in [2.05, 4.69) is 37.4 Å². The van der Waals surface area contributed by atoms with Crippen LogP contribution in [0.1, 0.15) is 181 Å². The largest absolute Gasteiger partial charge is 0.394 e. The maximum atomic E-state index is 13.0. The van der Waals surface area contributed by atoms with Crippen LogP contribution in [0.3, 0.4) is 0 Å². The van der Waals surface area contributed by atoms with Crippen molar-refractivity contribution in [3.05, 3.63) is 24.3 Å². The van der Waals surface area contributed by atoms with Crippen molar-refractivity contribution in [3.8, 4) is 0 Å². The zero-order valence-corrected chi connectivity index (χ0v) is 34.7. The molecule has 1 amide bonds. The Bertz CT molecular complexity index is 950. The highest BCUT2D eigenvalue weighted by Crippen LogP contribution is 2.23. The normalized spacial score (nSPS) is 22.7. The number of rotatable bonds is 36. The minimum absolute atomic E-state index is 0.247. The van der Waals surface area contributed by atoms with Crippen molar-refractivity contribution in [2.24, 2.45) is 0 Å². The molecule has 9 unspecified atom stereocenters. The number of unbranched alkanes of at least 4 members (excludes halogenated alkanes) is 20. The van der Waals surface area contributed by atoms with Crippen molar-refractivity contribution in [1.82, 2.24) is 5.32 Å². The van der Waals surface area contributed by atoms with Crippen LogP contribution in [0.25, 0.3) is 0 Å². The number of ether oxygens (including phenoxy) is 2. The second kappa shape index (κ2) is 34.6. The predicted molar refractivity (Wildman–Crippen MR) is 219 cm³/mol. The Kier molecular flexibility index (Phi) is 32.5. The summed E-state index contributed by atoms with van der Waals surface area (Å²) in [4.78, 5) is 13.0. The average molecular weight is 786 g/mol. The van der Waals surface area contributed by atoms with Gasteiger partial charge in [0.25, 0.3) is 0 Å². The fourth-order valence-electron chi connectivity index (χ4n) is 6.97. The van der Waals surface area contributed by atoms with E-state index in [9.17, 15) is 40.5 Å². The maximum Gasteiger partial charge on any atom is 0.249 e. The van der Waals surface area contributed by atoms with E-state index >= 15 is 0 Å². The Balaban J connectivity index is 2.33. The number of nitrogens with one attached hydrogen (secondary N) is 1. The van der Waals surface area contributed by atoms with Crippen molar-refractivity contribution in [1.29, 1.82) is 0 Å². The molecule has 0 saturated carbocycles. The molecule has 0 spiro atoms. The number of amides is 1. The van der Waals surface area contributed by atoms with Gasteiger partial charge in [0.1, 0.15) is 36.6 Å². The lowest BCUT2D eigenvalue weighted by atomic mass is 9.98. The molecule has 0 aromatic heterocycles. The molecule has 1 aliphatic rings. The molecule has 0 aromatic carbocycles. The van der Waals surface area contributed by atoms with Crippen molar-refractivity contribution in [2.45, 2.75) is 236 Å². The van der Waals surface area contributed by atoms with Crippen LogP contribution >= 0.6 is 0 Å². The zero-order valence-electron chi connectivity index (χ0n) is 34.7. The summed E-state index contributed by atoms with van der Waals surface area (Å²) in [5.41, 5.74) is 0. The number of aliphatic hydroxyl groups is 7. The van der Waals surface area contributed by atoms with Gasteiger partial charge in [0.2, 0.25) is 5.91 Å². The fourth-order valence-corrected chi connectivity index (χ4v) is 6.97. The molecule has 8 N–H and O–H groups in total. The summed E-state index contributed by atoms with van der Waals surface area (Å²) < 4.78 is 11.0. The van der Waals surface area contributed by atoms with Gasteiger partial charge in [0.15, 0.2) is 6.29 Å². The predicted octanol–water partition coefficient (Wildman–Crippen LogP) is 6.67. The summed E-state index contributed by atoms with van der Waals surface area (Å²) in [5, 5.41) is 75.0. The van der Waals surface area contributed by atoms with Crippen LogP contribution in [-0.2, 0) is 14.3 Å². The Morgan fingerprint density at radius 1 is 0.618 bits per heavy atom. The van der Waals surface area contributed by atoms with Gasteiger partial charge < -0.3 is 50.5 Å². The molecule has 1 aliphatic heterocycles. The Hall–Kier alpha value is -1.41.